The summed E-state index contributed by atoms with van der Waals surface area (Å²) in [5.41, 5.74) is 0. The second-order valence-corrected chi connectivity index (χ2v) is 4.82. The molecular formula is C12H20N2O4. The normalized spacial score (nSPS) is 25.3. The zero-order chi connectivity index (χ0) is 13.0. The lowest BCUT2D eigenvalue weighted by Crippen LogP contribution is -2.45. The number of hydrogen-bond acceptors (Lipinski definition) is 4. The van der Waals surface area contributed by atoms with Crippen LogP contribution >= 0.6 is 0 Å². The van der Waals surface area contributed by atoms with Gasteiger partial charge in [0.1, 0.15) is 0 Å². The van der Waals surface area contributed by atoms with Crippen LogP contribution in [0.3, 0.4) is 0 Å². The molecule has 2 aliphatic heterocycles. The lowest BCUT2D eigenvalue weighted by Gasteiger charge is -2.32. The molecule has 0 aromatic rings. The van der Waals surface area contributed by atoms with Gasteiger partial charge in [-0.25, -0.2) is 0 Å². The number of ether oxygens (including phenoxy) is 1. The first-order valence-electron chi connectivity index (χ1n) is 6.48. The van der Waals surface area contributed by atoms with Crippen LogP contribution in [0.1, 0.15) is 19.3 Å². The number of rotatable bonds is 4. The van der Waals surface area contributed by atoms with Crippen LogP contribution in [-0.4, -0.2) is 72.2 Å². The van der Waals surface area contributed by atoms with E-state index in [9.17, 15) is 9.59 Å². The molecule has 0 saturated carbocycles. The van der Waals surface area contributed by atoms with Gasteiger partial charge in [0.05, 0.1) is 19.6 Å². The highest BCUT2D eigenvalue weighted by molar-refractivity contribution is 5.80. The second kappa shape index (κ2) is 6.15. The van der Waals surface area contributed by atoms with Gasteiger partial charge in [-0.1, -0.05) is 0 Å². The molecular weight excluding hydrogens is 236 g/mol. The zero-order valence-electron chi connectivity index (χ0n) is 10.5. The SMILES string of the molecule is O=C(O)CCC(=O)N1CCC(N2CCOCC2)C1. The van der Waals surface area contributed by atoms with Gasteiger partial charge in [-0.3, -0.25) is 14.5 Å². The maximum Gasteiger partial charge on any atom is 0.303 e. The van der Waals surface area contributed by atoms with Gasteiger partial charge < -0.3 is 14.7 Å². The molecule has 2 rings (SSSR count). The van der Waals surface area contributed by atoms with Gasteiger partial charge in [0.25, 0.3) is 0 Å². The Morgan fingerprint density at radius 2 is 1.89 bits per heavy atom. The Hall–Kier alpha value is -1.14. The molecule has 0 spiro atoms. The molecule has 1 atom stereocenters. The number of carbonyl (C=O) groups excluding carboxylic acids is 1. The highest BCUT2D eigenvalue weighted by atomic mass is 16.5. The number of carbonyl (C=O) groups is 2. The predicted molar refractivity (Wildman–Crippen MR) is 64.2 cm³/mol. The largest absolute Gasteiger partial charge is 0.481 e. The molecule has 6 nitrogen and oxygen atoms in total. The number of nitrogens with zero attached hydrogens (tertiary/aromatic N) is 2. The van der Waals surface area contributed by atoms with E-state index in [2.05, 4.69) is 4.90 Å². The van der Waals surface area contributed by atoms with E-state index in [1.54, 1.807) is 4.90 Å². The first kappa shape index (κ1) is 13.3. The van der Waals surface area contributed by atoms with Crippen molar-refractivity contribution in [1.29, 1.82) is 0 Å². The fourth-order valence-electron chi connectivity index (χ4n) is 2.58. The Kier molecular flexibility index (Phi) is 4.54. The van der Waals surface area contributed by atoms with Gasteiger partial charge in [0.2, 0.25) is 5.91 Å². The number of likely N-dealkylation sites (tertiary alicyclic amines) is 1. The van der Waals surface area contributed by atoms with Crippen LogP contribution in [0.5, 0.6) is 0 Å². The highest BCUT2D eigenvalue weighted by Crippen LogP contribution is 2.17. The van der Waals surface area contributed by atoms with Gasteiger partial charge in [0, 0.05) is 38.6 Å². The summed E-state index contributed by atoms with van der Waals surface area (Å²) >= 11 is 0. The van der Waals surface area contributed by atoms with Gasteiger partial charge in [0.15, 0.2) is 0 Å². The monoisotopic (exact) mass is 256 g/mol. The molecule has 0 aromatic carbocycles. The molecule has 2 aliphatic rings. The van der Waals surface area contributed by atoms with Crippen LogP contribution in [0.4, 0.5) is 0 Å². The third kappa shape index (κ3) is 3.43. The summed E-state index contributed by atoms with van der Waals surface area (Å²) in [6, 6.07) is 0.419. The summed E-state index contributed by atoms with van der Waals surface area (Å²) in [5, 5.41) is 8.57. The molecule has 18 heavy (non-hydrogen) atoms. The molecule has 1 unspecified atom stereocenters. The van der Waals surface area contributed by atoms with E-state index in [0.717, 1.165) is 45.8 Å². The molecule has 102 valence electrons. The lowest BCUT2D eigenvalue weighted by atomic mass is 10.2. The van der Waals surface area contributed by atoms with E-state index in [4.69, 9.17) is 9.84 Å². The van der Waals surface area contributed by atoms with Crippen molar-refractivity contribution in [3.63, 3.8) is 0 Å². The average molecular weight is 256 g/mol. The van der Waals surface area contributed by atoms with Gasteiger partial charge in [-0.05, 0) is 6.42 Å². The summed E-state index contributed by atoms with van der Waals surface area (Å²) in [6.45, 7) is 4.88. The number of amides is 1. The van der Waals surface area contributed by atoms with Crippen LogP contribution < -0.4 is 0 Å². The number of morpholine rings is 1. The van der Waals surface area contributed by atoms with E-state index in [-0.39, 0.29) is 18.7 Å². The van der Waals surface area contributed by atoms with Crippen LogP contribution in [0.25, 0.3) is 0 Å². The topological polar surface area (TPSA) is 70.1 Å². The van der Waals surface area contributed by atoms with Crippen LogP contribution in [0.2, 0.25) is 0 Å². The van der Waals surface area contributed by atoms with Crippen molar-refractivity contribution >= 4 is 11.9 Å². The fraction of sp³-hybridized carbons (Fsp3) is 0.833. The molecule has 0 bridgehead atoms. The standard InChI is InChI=1S/C12H20N2O4/c15-11(1-2-12(16)17)14-4-3-10(9-14)13-5-7-18-8-6-13/h10H,1-9H2,(H,16,17). The third-order valence-corrected chi connectivity index (χ3v) is 3.63. The highest BCUT2D eigenvalue weighted by Gasteiger charge is 2.30. The van der Waals surface area contributed by atoms with Crippen molar-refractivity contribution in [2.24, 2.45) is 0 Å². The fourth-order valence-corrected chi connectivity index (χ4v) is 2.58. The minimum atomic E-state index is -0.910. The molecule has 0 radical (unpaired) electrons. The molecule has 2 saturated heterocycles. The third-order valence-electron chi connectivity index (χ3n) is 3.63. The first-order chi connectivity index (χ1) is 8.66. The maximum atomic E-state index is 11.8. The lowest BCUT2D eigenvalue weighted by molar-refractivity contribution is -0.140. The van der Waals surface area contributed by atoms with Crippen molar-refractivity contribution < 1.29 is 19.4 Å². The number of carboxylic acid groups (broad SMARTS) is 1. The van der Waals surface area contributed by atoms with Crippen molar-refractivity contribution in [2.45, 2.75) is 25.3 Å². The summed E-state index contributed by atoms with van der Waals surface area (Å²) in [6.07, 6.45) is 1.03. The molecule has 0 aliphatic carbocycles. The first-order valence-corrected chi connectivity index (χ1v) is 6.48. The van der Waals surface area contributed by atoms with Crippen molar-refractivity contribution in [3.8, 4) is 0 Å². The minimum absolute atomic E-state index is 0.0341. The summed E-state index contributed by atoms with van der Waals surface area (Å²) in [7, 11) is 0. The van der Waals surface area contributed by atoms with Crippen LogP contribution in [0, 0.1) is 0 Å². The average Bonchev–Trinajstić information content (AvgIpc) is 2.86. The molecule has 2 heterocycles. The van der Waals surface area contributed by atoms with Crippen molar-refractivity contribution in [3.05, 3.63) is 0 Å². The van der Waals surface area contributed by atoms with Gasteiger partial charge in [-0.15, -0.1) is 0 Å². The molecule has 1 N–H and O–H groups in total. The number of carboxylic acids is 1. The smallest absolute Gasteiger partial charge is 0.303 e. The quantitative estimate of drug-likeness (QED) is 0.753. The van der Waals surface area contributed by atoms with Gasteiger partial charge >= 0.3 is 5.97 Å². The van der Waals surface area contributed by atoms with Crippen molar-refractivity contribution in [1.82, 2.24) is 9.80 Å². The Labute approximate surface area is 106 Å². The predicted octanol–water partition coefficient (Wildman–Crippen LogP) is -0.216. The van der Waals surface area contributed by atoms with E-state index < -0.39 is 5.97 Å². The molecule has 0 aromatic heterocycles. The van der Waals surface area contributed by atoms with Crippen LogP contribution in [0.15, 0.2) is 0 Å². The van der Waals surface area contributed by atoms with Gasteiger partial charge in [-0.2, -0.15) is 0 Å². The second-order valence-electron chi connectivity index (χ2n) is 4.82. The van der Waals surface area contributed by atoms with Crippen molar-refractivity contribution in [2.75, 3.05) is 39.4 Å². The number of hydrogen-bond donors (Lipinski definition) is 1. The maximum absolute atomic E-state index is 11.8. The molecule has 1 amide bonds. The van der Waals surface area contributed by atoms with E-state index in [1.165, 1.54) is 0 Å². The summed E-state index contributed by atoms with van der Waals surface area (Å²) in [4.78, 5) is 26.4. The van der Waals surface area contributed by atoms with E-state index >= 15 is 0 Å². The Bertz CT molecular complexity index is 315. The Morgan fingerprint density at radius 1 is 1.17 bits per heavy atom. The minimum Gasteiger partial charge on any atom is -0.481 e. The molecule has 6 heteroatoms. The number of aliphatic carboxylic acids is 1. The Morgan fingerprint density at radius 3 is 2.56 bits per heavy atom. The Balaban J connectivity index is 1.76. The molecule has 2 fully saturated rings. The summed E-state index contributed by atoms with van der Waals surface area (Å²) in [5.74, 6) is -0.944. The zero-order valence-corrected chi connectivity index (χ0v) is 10.5. The van der Waals surface area contributed by atoms with E-state index in [0.29, 0.717) is 6.04 Å². The van der Waals surface area contributed by atoms with E-state index in [1.807, 2.05) is 0 Å². The van der Waals surface area contributed by atoms with Crippen LogP contribution in [-0.2, 0) is 14.3 Å². The summed E-state index contributed by atoms with van der Waals surface area (Å²) < 4.78 is 5.31.